The molecule has 0 aliphatic carbocycles. The van der Waals surface area contributed by atoms with Gasteiger partial charge in [-0.1, -0.05) is 36.8 Å². The summed E-state index contributed by atoms with van der Waals surface area (Å²) in [6.45, 7) is 2.09. The molecule has 0 saturated carbocycles. The quantitative estimate of drug-likeness (QED) is 0.679. The normalized spacial score (nSPS) is 10.8. The van der Waals surface area contributed by atoms with E-state index >= 15 is 0 Å². The van der Waals surface area contributed by atoms with Gasteiger partial charge in [0.05, 0.1) is 7.11 Å². The predicted octanol–water partition coefficient (Wildman–Crippen LogP) is 3.25. The number of aromatic nitrogens is 2. The van der Waals surface area contributed by atoms with Crippen LogP contribution in [0.4, 0.5) is 5.13 Å². The van der Waals surface area contributed by atoms with Crippen LogP contribution < -0.4 is 15.7 Å². The number of rotatable bonds is 6. The first-order valence-corrected chi connectivity index (χ1v) is 8.68. The molecule has 0 radical (unpaired) electrons. The van der Waals surface area contributed by atoms with Crippen LogP contribution in [0.15, 0.2) is 33.5 Å². The van der Waals surface area contributed by atoms with E-state index in [9.17, 15) is 9.59 Å². The lowest BCUT2D eigenvalue weighted by molar-refractivity contribution is 0.102. The highest BCUT2D eigenvalue weighted by atomic mass is 32.1. The third-order valence-corrected chi connectivity index (χ3v) is 4.52. The lowest BCUT2D eigenvalue weighted by atomic mass is 10.1. The van der Waals surface area contributed by atoms with Crippen LogP contribution >= 0.6 is 11.3 Å². The summed E-state index contributed by atoms with van der Waals surface area (Å²) in [5.74, 6) is -0.136. The number of carbonyl (C=O) groups is 1. The molecule has 7 nitrogen and oxygen atoms in total. The fraction of sp³-hybridized carbons (Fsp3) is 0.294. The van der Waals surface area contributed by atoms with Gasteiger partial charge in [-0.25, -0.2) is 4.79 Å². The largest absolute Gasteiger partial charge is 0.493 e. The van der Waals surface area contributed by atoms with Gasteiger partial charge in [-0.15, -0.1) is 10.2 Å². The van der Waals surface area contributed by atoms with E-state index in [-0.39, 0.29) is 5.56 Å². The maximum absolute atomic E-state index is 12.4. The van der Waals surface area contributed by atoms with E-state index in [1.54, 1.807) is 18.2 Å². The summed E-state index contributed by atoms with van der Waals surface area (Å²) >= 11 is 1.30. The van der Waals surface area contributed by atoms with Crippen LogP contribution in [-0.2, 0) is 6.42 Å². The molecule has 0 bridgehead atoms. The van der Waals surface area contributed by atoms with Gasteiger partial charge < -0.3 is 9.15 Å². The van der Waals surface area contributed by atoms with E-state index in [0.717, 1.165) is 24.3 Å². The van der Waals surface area contributed by atoms with Crippen LogP contribution in [0.25, 0.3) is 11.0 Å². The fourth-order valence-corrected chi connectivity index (χ4v) is 3.11. The Balaban J connectivity index is 1.86. The monoisotopic (exact) mass is 359 g/mol. The van der Waals surface area contributed by atoms with Crippen LogP contribution in [-0.4, -0.2) is 23.2 Å². The van der Waals surface area contributed by atoms with Crippen LogP contribution in [0.5, 0.6) is 5.75 Å². The van der Waals surface area contributed by atoms with Crippen molar-refractivity contribution in [2.45, 2.75) is 26.2 Å². The summed E-state index contributed by atoms with van der Waals surface area (Å²) in [4.78, 5) is 24.6. The van der Waals surface area contributed by atoms with E-state index in [4.69, 9.17) is 9.15 Å². The second-order valence-corrected chi connectivity index (χ2v) is 6.45. The van der Waals surface area contributed by atoms with Gasteiger partial charge in [0.25, 0.3) is 5.91 Å². The lowest BCUT2D eigenvalue weighted by Crippen LogP contribution is -2.20. The maximum Gasteiger partial charge on any atom is 0.349 e. The second kappa shape index (κ2) is 7.43. The number of benzene rings is 1. The highest BCUT2D eigenvalue weighted by molar-refractivity contribution is 7.15. The number of aryl methyl sites for hydroxylation is 1. The van der Waals surface area contributed by atoms with Gasteiger partial charge in [-0.05, 0) is 18.6 Å². The molecule has 3 aromatic rings. The summed E-state index contributed by atoms with van der Waals surface area (Å²) in [6, 6.07) is 6.67. The maximum atomic E-state index is 12.4. The van der Waals surface area contributed by atoms with Crippen molar-refractivity contribution in [1.82, 2.24) is 10.2 Å². The summed E-state index contributed by atoms with van der Waals surface area (Å²) in [5, 5.41) is 12.4. The Kier molecular flexibility index (Phi) is 5.08. The number of unbranched alkanes of at least 4 members (excludes halogenated alkanes) is 1. The van der Waals surface area contributed by atoms with Crippen LogP contribution in [0.1, 0.15) is 35.1 Å². The average Bonchev–Trinajstić information content (AvgIpc) is 3.06. The van der Waals surface area contributed by atoms with Crippen molar-refractivity contribution in [1.29, 1.82) is 0 Å². The molecule has 3 rings (SSSR count). The number of para-hydroxylation sites is 1. The van der Waals surface area contributed by atoms with E-state index in [1.165, 1.54) is 24.5 Å². The minimum Gasteiger partial charge on any atom is -0.493 e. The number of ether oxygens (including phenoxy) is 1. The Morgan fingerprint density at radius 1 is 1.36 bits per heavy atom. The van der Waals surface area contributed by atoms with Gasteiger partial charge in [0.1, 0.15) is 10.6 Å². The van der Waals surface area contributed by atoms with Gasteiger partial charge in [-0.2, -0.15) is 0 Å². The van der Waals surface area contributed by atoms with Gasteiger partial charge >= 0.3 is 5.63 Å². The minimum absolute atomic E-state index is 0.0916. The molecule has 0 atom stereocenters. The molecule has 0 unspecified atom stereocenters. The Morgan fingerprint density at radius 3 is 2.96 bits per heavy atom. The third-order valence-electron chi connectivity index (χ3n) is 3.62. The predicted molar refractivity (Wildman–Crippen MR) is 95.5 cm³/mol. The van der Waals surface area contributed by atoms with Gasteiger partial charge in [-0.3, -0.25) is 10.1 Å². The molecular formula is C17H17N3O4S. The Morgan fingerprint density at radius 2 is 2.20 bits per heavy atom. The third kappa shape index (κ3) is 3.69. The molecule has 0 saturated heterocycles. The summed E-state index contributed by atoms with van der Waals surface area (Å²) in [6.07, 6.45) is 2.89. The molecule has 0 fully saturated rings. The molecule has 1 aromatic carbocycles. The van der Waals surface area contributed by atoms with Crippen molar-refractivity contribution in [3.05, 3.63) is 45.3 Å². The summed E-state index contributed by atoms with van der Waals surface area (Å²) in [5.41, 5.74) is -0.513. The minimum atomic E-state index is -0.731. The molecular weight excluding hydrogens is 342 g/mol. The molecule has 0 spiro atoms. The number of fused-ring (bicyclic) bond motifs is 1. The number of nitrogens with zero attached hydrogens (tertiary/aromatic N) is 2. The molecule has 1 amide bonds. The average molecular weight is 359 g/mol. The smallest absolute Gasteiger partial charge is 0.349 e. The standard InChI is InChI=1S/C17H17N3O4S/c1-3-4-8-13-19-20-17(25-13)18-15(21)11-9-10-6-5-7-12(23-2)14(10)24-16(11)22/h5-7,9H,3-4,8H2,1-2H3,(H,18,20,21). The summed E-state index contributed by atoms with van der Waals surface area (Å²) < 4.78 is 10.4. The van der Waals surface area contributed by atoms with Crippen molar-refractivity contribution in [2.75, 3.05) is 12.4 Å². The number of hydrogen-bond acceptors (Lipinski definition) is 7. The first-order chi connectivity index (χ1) is 12.1. The molecule has 0 aliphatic rings. The first kappa shape index (κ1) is 17.1. The molecule has 8 heteroatoms. The summed E-state index contributed by atoms with van der Waals surface area (Å²) in [7, 11) is 1.49. The van der Waals surface area contributed by atoms with E-state index in [2.05, 4.69) is 22.4 Å². The molecule has 0 aliphatic heterocycles. The lowest BCUT2D eigenvalue weighted by Gasteiger charge is -2.05. The zero-order valence-electron chi connectivity index (χ0n) is 13.9. The number of nitrogens with one attached hydrogen (secondary N) is 1. The van der Waals surface area contributed by atoms with Crippen molar-refractivity contribution in [2.24, 2.45) is 0 Å². The van der Waals surface area contributed by atoms with Crippen molar-refractivity contribution < 1.29 is 13.9 Å². The van der Waals surface area contributed by atoms with Crippen LogP contribution in [0, 0.1) is 0 Å². The van der Waals surface area contributed by atoms with Gasteiger partial charge in [0.2, 0.25) is 5.13 Å². The van der Waals surface area contributed by atoms with Crippen LogP contribution in [0.2, 0.25) is 0 Å². The number of anilines is 1. The topological polar surface area (TPSA) is 94.3 Å². The SMILES string of the molecule is CCCCc1nnc(NC(=O)c2cc3cccc(OC)c3oc2=O)s1. The zero-order chi connectivity index (χ0) is 17.8. The molecule has 2 heterocycles. The molecule has 1 N–H and O–H groups in total. The highest BCUT2D eigenvalue weighted by Gasteiger charge is 2.17. The Hall–Kier alpha value is -2.74. The number of amides is 1. The van der Waals surface area contributed by atoms with Crippen molar-refractivity contribution in [3.8, 4) is 5.75 Å². The fourth-order valence-electron chi connectivity index (χ4n) is 2.33. The molecule has 25 heavy (non-hydrogen) atoms. The number of carbonyl (C=O) groups excluding carboxylic acids is 1. The highest BCUT2D eigenvalue weighted by Crippen LogP contribution is 2.25. The Labute approximate surface area is 147 Å². The van der Waals surface area contributed by atoms with Gasteiger partial charge in [0, 0.05) is 11.8 Å². The van der Waals surface area contributed by atoms with Crippen LogP contribution in [0.3, 0.4) is 0 Å². The Bertz CT molecular complexity index is 964. The van der Waals surface area contributed by atoms with Gasteiger partial charge in [0.15, 0.2) is 11.3 Å². The van der Waals surface area contributed by atoms with E-state index in [0.29, 0.717) is 21.9 Å². The van der Waals surface area contributed by atoms with Crippen molar-refractivity contribution in [3.63, 3.8) is 0 Å². The number of hydrogen-bond donors (Lipinski definition) is 1. The molecule has 2 aromatic heterocycles. The van der Waals surface area contributed by atoms with Crippen molar-refractivity contribution >= 4 is 33.3 Å². The van der Waals surface area contributed by atoms with E-state index < -0.39 is 11.5 Å². The molecule has 130 valence electrons. The van der Waals surface area contributed by atoms with E-state index in [1.807, 2.05) is 0 Å². The second-order valence-electron chi connectivity index (χ2n) is 5.38. The zero-order valence-corrected chi connectivity index (χ0v) is 14.7. The number of methoxy groups -OCH3 is 1. The first-order valence-electron chi connectivity index (χ1n) is 7.87.